The number of halogens is 2. The lowest BCUT2D eigenvalue weighted by atomic mass is 10.2. The molecule has 0 aliphatic rings. The Balaban J connectivity index is 1.96. The first-order valence-corrected chi connectivity index (χ1v) is 6.97. The van der Waals surface area contributed by atoms with Crippen LogP contribution in [0.3, 0.4) is 0 Å². The topological polar surface area (TPSA) is 78.4 Å². The predicted octanol–water partition coefficient (Wildman–Crippen LogP) is 3.56. The highest BCUT2D eigenvalue weighted by Gasteiger charge is 2.12. The second kappa shape index (κ2) is 6.55. The number of urea groups is 1. The van der Waals surface area contributed by atoms with E-state index in [2.05, 4.69) is 10.6 Å². The number of anilines is 1. The van der Waals surface area contributed by atoms with Crippen molar-refractivity contribution in [1.82, 2.24) is 5.32 Å². The molecule has 1 heterocycles. The first kappa shape index (κ1) is 15.3. The van der Waals surface area contributed by atoms with E-state index in [1.54, 1.807) is 12.1 Å². The fourth-order valence-electron chi connectivity index (χ4n) is 1.56. The zero-order chi connectivity index (χ0) is 15.4. The molecule has 8 heteroatoms. The van der Waals surface area contributed by atoms with Crippen molar-refractivity contribution in [1.29, 1.82) is 0 Å². The second-order valence-corrected chi connectivity index (χ2v) is 5.81. The average Bonchev–Trinajstić information content (AvgIpc) is 2.84. The SMILES string of the molecule is O=C(NCc1ccc(Cl)s1)Nc1ccc(F)c(C(=O)O)c1. The summed E-state index contributed by atoms with van der Waals surface area (Å²) in [7, 11) is 0. The third kappa shape index (κ3) is 4.17. The summed E-state index contributed by atoms with van der Waals surface area (Å²) in [6, 6.07) is 6.30. The number of nitrogens with one attached hydrogen (secondary N) is 2. The molecule has 0 fully saturated rings. The molecular formula is C13H10ClFN2O3S. The lowest BCUT2D eigenvalue weighted by Gasteiger charge is -2.07. The van der Waals surface area contributed by atoms with Gasteiger partial charge in [0.1, 0.15) is 5.82 Å². The quantitative estimate of drug-likeness (QED) is 0.803. The van der Waals surface area contributed by atoms with Crippen LogP contribution in [0, 0.1) is 5.82 Å². The molecule has 2 aromatic rings. The second-order valence-electron chi connectivity index (χ2n) is 4.01. The lowest BCUT2D eigenvalue weighted by Crippen LogP contribution is -2.28. The number of amides is 2. The maximum Gasteiger partial charge on any atom is 0.338 e. The van der Waals surface area contributed by atoms with Crippen LogP contribution in [-0.2, 0) is 6.54 Å². The molecule has 3 N–H and O–H groups in total. The molecule has 21 heavy (non-hydrogen) atoms. The Morgan fingerprint density at radius 2 is 2.05 bits per heavy atom. The predicted molar refractivity (Wildman–Crippen MR) is 78.5 cm³/mol. The number of thiophene rings is 1. The maximum absolute atomic E-state index is 13.2. The van der Waals surface area contributed by atoms with Gasteiger partial charge in [-0.25, -0.2) is 14.0 Å². The van der Waals surface area contributed by atoms with Crippen LogP contribution in [0.1, 0.15) is 15.2 Å². The standard InChI is InChI=1S/C13H10ClFN2O3S/c14-11-4-2-8(21-11)6-16-13(20)17-7-1-3-10(15)9(5-7)12(18)19/h1-5H,6H2,(H,18,19)(H2,16,17,20). The summed E-state index contributed by atoms with van der Waals surface area (Å²) in [5, 5.41) is 13.8. The Labute approximate surface area is 128 Å². The first-order valence-electron chi connectivity index (χ1n) is 5.77. The summed E-state index contributed by atoms with van der Waals surface area (Å²) in [6.07, 6.45) is 0. The summed E-state index contributed by atoms with van der Waals surface area (Å²) in [6.45, 7) is 0.288. The van der Waals surface area contributed by atoms with Gasteiger partial charge in [-0.2, -0.15) is 0 Å². The molecule has 5 nitrogen and oxygen atoms in total. The van der Waals surface area contributed by atoms with Gasteiger partial charge in [0.15, 0.2) is 0 Å². The Morgan fingerprint density at radius 3 is 2.67 bits per heavy atom. The van der Waals surface area contributed by atoms with Gasteiger partial charge in [-0.05, 0) is 30.3 Å². The molecule has 1 aromatic heterocycles. The van der Waals surface area contributed by atoms with E-state index < -0.39 is 23.4 Å². The van der Waals surface area contributed by atoms with Gasteiger partial charge in [0.05, 0.1) is 16.4 Å². The molecule has 0 saturated heterocycles. The van der Waals surface area contributed by atoms with E-state index in [0.29, 0.717) is 4.34 Å². The number of carboxylic acids is 1. The van der Waals surface area contributed by atoms with Gasteiger partial charge in [0.25, 0.3) is 0 Å². The molecule has 2 rings (SSSR count). The van der Waals surface area contributed by atoms with E-state index in [1.807, 2.05) is 0 Å². The number of hydrogen-bond donors (Lipinski definition) is 3. The number of carboxylic acid groups (broad SMARTS) is 1. The monoisotopic (exact) mass is 328 g/mol. The number of benzene rings is 1. The molecule has 1 aromatic carbocycles. The number of aromatic carboxylic acids is 1. The fourth-order valence-corrected chi connectivity index (χ4v) is 2.58. The third-order valence-electron chi connectivity index (χ3n) is 2.51. The molecule has 0 atom stereocenters. The minimum Gasteiger partial charge on any atom is -0.478 e. The largest absolute Gasteiger partial charge is 0.478 e. The van der Waals surface area contributed by atoms with Crippen molar-refractivity contribution in [2.75, 3.05) is 5.32 Å². The van der Waals surface area contributed by atoms with Crippen molar-refractivity contribution in [3.05, 3.63) is 50.9 Å². The van der Waals surface area contributed by atoms with E-state index >= 15 is 0 Å². The molecule has 0 saturated carbocycles. The van der Waals surface area contributed by atoms with Crippen LogP contribution < -0.4 is 10.6 Å². The van der Waals surface area contributed by atoms with E-state index in [4.69, 9.17) is 16.7 Å². The molecule has 0 bridgehead atoms. The zero-order valence-corrected chi connectivity index (χ0v) is 12.1. The smallest absolute Gasteiger partial charge is 0.338 e. The van der Waals surface area contributed by atoms with Crippen LogP contribution in [-0.4, -0.2) is 17.1 Å². The van der Waals surface area contributed by atoms with Gasteiger partial charge in [0, 0.05) is 10.6 Å². The highest BCUT2D eigenvalue weighted by molar-refractivity contribution is 7.16. The normalized spacial score (nSPS) is 10.2. The van der Waals surface area contributed by atoms with Gasteiger partial charge < -0.3 is 15.7 Å². The van der Waals surface area contributed by atoms with Crippen molar-refractivity contribution in [3.63, 3.8) is 0 Å². The number of carbonyl (C=O) groups excluding carboxylic acids is 1. The summed E-state index contributed by atoms with van der Waals surface area (Å²) < 4.78 is 13.8. The fraction of sp³-hybridized carbons (Fsp3) is 0.0769. The Hall–Kier alpha value is -2.12. The Kier molecular flexibility index (Phi) is 4.77. The van der Waals surface area contributed by atoms with Crippen LogP contribution in [0.15, 0.2) is 30.3 Å². The van der Waals surface area contributed by atoms with Crippen LogP contribution in [0.5, 0.6) is 0 Å². The van der Waals surface area contributed by atoms with Crippen LogP contribution in [0.2, 0.25) is 4.34 Å². The van der Waals surface area contributed by atoms with E-state index in [0.717, 1.165) is 17.0 Å². The van der Waals surface area contributed by atoms with Crippen molar-refractivity contribution < 1.29 is 19.1 Å². The average molecular weight is 329 g/mol. The minimum absolute atomic E-state index is 0.190. The van der Waals surface area contributed by atoms with Gasteiger partial charge in [-0.1, -0.05) is 11.6 Å². The maximum atomic E-state index is 13.2. The lowest BCUT2D eigenvalue weighted by molar-refractivity contribution is 0.0692. The molecule has 110 valence electrons. The van der Waals surface area contributed by atoms with Crippen LogP contribution in [0.25, 0.3) is 0 Å². The third-order valence-corrected chi connectivity index (χ3v) is 3.74. The molecule has 0 aliphatic heterocycles. The molecule has 0 spiro atoms. The Bertz CT molecular complexity index is 690. The molecule has 0 radical (unpaired) electrons. The molecule has 2 amide bonds. The van der Waals surface area contributed by atoms with Gasteiger partial charge in [-0.15, -0.1) is 11.3 Å². The number of hydrogen-bond acceptors (Lipinski definition) is 3. The van der Waals surface area contributed by atoms with E-state index in [-0.39, 0.29) is 12.2 Å². The highest BCUT2D eigenvalue weighted by atomic mass is 35.5. The van der Waals surface area contributed by atoms with Crippen LogP contribution >= 0.6 is 22.9 Å². The summed E-state index contributed by atoms with van der Waals surface area (Å²) in [4.78, 5) is 23.3. The van der Waals surface area contributed by atoms with Crippen molar-refractivity contribution in [3.8, 4) is 0 Å². The molecular weight excluding hydrogens is 319 g/mol. The molecule has 0 aliphatic carbocycles. The first-order chi connectivity index (χ1) is 9.95. The van der Waals surface area contributed by atoms with Crippen molar-refractivity contribution >= 4 is 40.6 Å². The molecule has 0 unspecified atom stereocenters. The number of carbonyl (C=O) groups is 2. The summed E-state index contributed by atoms with van der Waals surface area (Å²) >= 11 is 7.11. The summed E-state index contributed by atoms with van der Waals surface area (Å²) in [5.74, 6) is -2.26. The van der Waals surface area contributed by atoms with E-state index in [1.165, 1.54) is 17.4 Å². The Morgan fingerprint density at radius 1 is 1.29 bits per heavy atom. The van der Waals surface area contributed by atoms with Gasteiger partial charge >= 0.3 is 12.0 Å². The van der Waals surface area contributed by atoms with Gasteiger partial charge in [-0.3, -0.25) is 0 Å². The highest BCUT2D eigenvalue weighted by Crippen LogP contribution is 2.21. The zero-order valence-electron chi connectivity index (χ0n) is 10.5. The van der Waals surface area contributed by atoms with Crippen LogP contribution in [0.4, 0.5) is 14.9 Å². The van der Waals surface area contributed by atoms with E-state index in [9.17, 15) is 14.0 Å². The van der Waals surface area contributed by atoms with Gasteiger partial charge in [0.2, 0.25) is 0 Å². The minimum atomic E-state index is -1.40. The van der Waals surface area contributed by atoms with Crippen molar-refractivity contribution in [2.45, 2.75) is 6.54 Å². The summed E-state index contributed by atoms with van der Waals surface area (Å²) in [5.41, 5.74) is -0.312. The number of rotatable bonds is 4. The van der Waals surface area contributed by atoms with Crippen molar-refractivity contribution in [2.24, 2.45) is 0 Å².